The first-order valence-electron chi connectivity index (χ1n) is 6.05. The summed E-state index contributed by atoms with van der Waals surface area (Å²) < 4.78 is 0. The predicted octanol–water partition coefficient (Wildman–Crippen LogP) is 4.33. The van der Waals surface area contributed by atoms with E-state index in [2.05, 4.69) is 6.92 Å². The molecule has 0 saturated carbocycles. The van der Waals surface area contributed by atoms with Gasteiger partial charge in [0, 0.05) is 17.0 Å². The summed E-state index contributed by atoms with van der Waals surface area (Å²) in [5.41, 5.74) is 2.95. The number of carbonyl (C=O) groups excluding carboxylic acids is 1. The largest absolute Gasteiger partial charge is 0.294 e. The average molecular weight is 259 g/mol. The molecule has 0 aliphatic rings. The topological polar surface area (TPSA) is 17.1 Å². The fourth-order valence-electron chi connectivity index (χ4n) is 1.86. The van der Waals surface area contributed by atoms with Crippen molar-refractivity contribution in [3.8, 4) is 0 Å². The molecule has 0 radical (unpaired) electrons. The lowest BCUT2D eigenvalue weighted by atomic mass is 10.0. The molecular weight excluding hydrogens is 244 g/mol. The maximum Gasteiger partial charge on any atom is 0.167 e. The molecule has 0 amide bonds. The van der Waals surface area contributed by atoms with E-state index in [0.29, 0.717) is 11.4 Å². The van der Waals surface area contributed by atoms with Crippen LogP contribution < -0.4 is 0 Å². The van der Waals surface area contributed by atoms with E-state index >= 15 is 0 Å². The summed E-state index contributed by atoms with van der Waals surface area (Å²) in [6.45, 7) is 2.10. The van der Waals surface area contributed by atoms with Crippen LogP contribution in [-0.4, -0.2) is 5.78 Å². The van der Waals surface area contributed by atoms with Gasteiger partial charge in [0.1, 0.15) is 0 Å². The van der Waals surface area contributed by atoms with Crippen molar-refractivity contribution in [3.05, 3.63) is 70.2 Å². The van der Waals surface area contributed by atoms with Crippen LogP contribution in [0.2, 0.25) is 5.02 Å². The van der Waals surface area contributed by atoms with Gasteiger partial charge in [0.25, 0.3) is 0 Å². The molecule has 0 heterocycles. The van der Waals surface area contributed by atoms with Gasteiger partial charge in [-0.15, -0.1) is 0 Å². The van der Waals surface area contributed by atoms with Crippen molar-refractivity contribution in [2.45, 2.75) is 19.8 Å². The van der Waals surface area contributed by atoms with E-state index in [0.717, 1.165) is 17.5 Å². The van der Waals surface area contributed by atoms with Gasteiger partial charge in [-0.25, -0.2) is 0 Å². The summed E-state index contributed by atoms with van der Waals surface area (Å²) in [6.07, 6.45) is 1.38. The Hall–Kier alpha value is -1.60. The molecule has 2 aromatic rings. The summed E-state index contributed by atoms with van der Waals surface area (Å²) >= 11 is 5.90. The number of carbonyl (C=O) groups is 1. The second-order valence-electron chi connectivity index (χ2n) is 4.28. The van der Waals surface area contributed by atoms with Crippen LogP contribution >= 0.6 is 11.6 Å². The molecule has 0 aromatic heterocycles. The third-order valence-corrected chi connectivity index (χ3v) is 3.17. The molecule has 18 heavy (non-hydrogen) atoms. The quantitative estimate of drug-likeness (QED) is 0.746. The van der Waals surface area contributed by atoms with Gasteiger partial charge in [0.15, 0.2) is 5.78 Å². The standard InChI is InChI=1S/C16H15ClO/c1-2-12-6-8-14(9-7-12)16(18)11-13-4-3-5-15(17)10-13/h3-10H,2,11H2,1H3. The number of hydrogen-bond donors (Lipinski definition) is 0. The van der Waals surface area contributed by atoms with Crippen LogP contribution in [0, 0.1) is 0 Å². The molecule has 1 nitrogen and oxygen atoms in total. The first-order chi connectivity index (χ1) is 8.69. The SMILES string of the molecule is CCc1ccc(C(=O)Cc2cccc(Cl)c2)cc1. The van der Waals surface area contributed by atoms with Crippen LogP contribution in [0.25, 0.3) is 0 Å². The molecule has 2 aromatic carbocycles. The van der Waals surface area contributed by atoms with Gasteiger partial charge in [0.2, 0.25) is 0 Å². The Labute approximate surface area is 112 Å². The van der Waals surface area contributed by atoms with Crippen LogP contribution in [0.1, 0.15) is 28.4 Å². The Morgan fingerprint density at radius 3 is 2.39 bits per heavy atom. The maximum atomic E-state index is 12.1. The van der Waals surface area contributed by atoms with E-state index in [1.807, 2.05) is 48.5 Å². The molecule has 92 valence electrons. The second kappa shape index (κ2) is 5.83. The molecule has 0 unspecified atom stereocenters. The third-order valence-electron chi connectivity index (χ3n) is 2.94. The zero-order valence-electron chi connectivity index (χ0n) is 10.3. The lowest BCUT2D eigenvalue weighted by molar-refractivity contribution is 0.0993. The number of ketones is 1. The Balaban J connectivity index is 2.11. The minimum atomic E-state index is 0.125. The number of hydrogen-bond acceptors (Lipinski definition) is 1. The number of benzene rings is 2. The summed E-state index contributed by atoms with van der Waals surface area (Å²) in [7, 11) is 0. The van der Waals surface area contributed by atoms with E-state index < -0.39 is 0 Å². The van der Waals surface area contributed by atoms with Crippen molar-refractivity contribution >= 4 is 17.4 Å². The maximum absolute atomic E-state index is 12.1. The van der Waals surface area contributed by atoms with Crippen LogP contribution in [-0.2, 0) is 12.8 Å². The van der Waals surface area contributed by atoms with E-state index in [9.17, 15) is 4.79 Å². The number of halogens is 1. The van der Waals surface area contributed by atoms with Crippen molar-refractivity contribution < 1.29 is 4.79 Å². The first kappa shape index (κ1) is 12.8. The second-order valence-corrected chi connectivity index (χ2v) is 4.72. The zero-order chi connectivity index (χ0) is 13.0. The molecule has 0 bridgehead atoms. The minimum absolute atomic E-state index is 0.125. The van der Waals surface area contributed by atoms with Crippen LogP contribution in [0.15, 0.2) is 48.5 Å². The minimum Gasteiger partial charge on any atom is -0.294 e. The Morgan fingerprint density at radius 2 is 1.78 bits per heavy atom. The molecule has 0 saturated heterocycles. The Bertz CT molecular complexity index is 543. The van der Waals surface area contributed by atoms with E-state index in [1.54, 1.807) is 0 Å². The van der Waals surface area contributed by atoms with Crippen molar-refractivity contribution in [1.29, 1.82) is 0 Å². The molecular formula is C16H15ClO. The molecule has 2 heteroatoms. The van der Waals surface area contributed by atoms with E-state index in [-0.39, 0.29) is 5.78 Å². The van der Waals surface area contributed by atoms with Gasteiger partial charge in [0.05, 0.1) is 0 Å². The number of Topliss-reactive ketones (excluding diaryl/α,β-unsaturated/α-hetero) is 1. The van der Waals surface area contributed by atoms with Crippen molar-refractivity contribution in [1.82, 2.24) is 0 Å². The van der Waals surface area contributed by atoms with E-state index in [4.69, 9.17) is 11.6 Å². The molecule has 0 spiro atoms. The van der Waals surface area contributed by atoms with Crippen LogP contribution in [0.5, 0.6) is 0 Å². The lowest BCUT2D eigenvalue weighted by Crippen LogP contribution is -2.03. The third kappa shape index (κ3) is 3.21. The van der Waals surface area contributed by atoms with Gasteiger partial charge < -0.3 is 0 Å². The highest BCUT2D eigenvalue weighted by Crippen LogP contribution is 2.14. The highest BCUT2D eigenvalue weighted by Gasteiger charge is 2.07. The molecule has 2 rings (SSSR count). The predicted molar refractivity (Wildman–Crippen MR) is 75.3 cm³/mol. The van der Waals surface area contributed by atoms with Crippen molar-refractivity contribution in [2.75, 3.05) is 0 Å². The van der Waals surface area contributed by atoms with Gasteiger partial charge in [-0.1, -0.05) is 54.9 Å². The summed E-state index contributed by atoms with van der Waals surface area (Å²) in [5, 5.41) is 0.668. The van der Waals surface area contributed by atoms with Crippen molar-refractivity contribution in [3.63, 3.8) is 0 Å². The van der Waals surface area contributed by atoms with Gasteiger partial charge in [-0.3, -0.25) is 4.79 Å². The fraction of sp³-hybridized carbons (Fsp3) is 0.188. The first-order valence-corrected chi connectivity index (χ1v) is 6.43. The average Bonchev–Trinajstić information content (AvgIpc) is 2.39. The zero-order valence-corrected chi connectivity index (χ0v) is 11.1. The Morgan fingerprint density at radius 1 is 1.06 bits per heavy atom. The smallest absolute Gasteiger partial charge is 0.167 e. The molecule has 0 atom stereocenters. The van der Waals surface area contributed by atoms with Crippen LogP contribution in [0.3, 0.4) is 0 Å². The van der Waals surface area contributed by atoms with Crippen LogP contribution in [0.4, 0.5) is 0 Å². The highest BCUT2D eigenvalue weighted by molar-refractivity contribution is 6.30. The summed E-state index contributed by atoms with van der Waals surface area (Å²) in [5.74, 6) is 0.125. The molecule has 0 fully saturated rings. The molecule has 0 aliphatic carbocycles. The van der Waals surface area contributed by atoms with Crippen molar-refractivity contribution in [2.24, 2.45) is 0 Å². The lowest BCUT2D eigenvalue weighted by Gasteiger charge is -2.03. The van der Waals surface area contributed by atoms with E-state index in [1.165, 1.54) is 5.56 Å². The monoisotopic (exact) mass is 258 g/mol. The highest BCUT2D eigenvalue weighted by atomic mass is 35.5. The van der Waals surface area contributed by atoms with Gasteiger partial charge in [-0.05, 0) is 29.7 Å². The molecule has 0 N–H and O–H groups in total. The van der Waals surface area contributed by atoms with Gasteiger partial charge in [-0.2, -0.15) is 0 Å². The number of aryl methyl sites for hydroxylation is 1. The fourth-order valence-corrected chi connectivity index (χ4v) is 2.07. The summed E-state index contributed by atoms with van der Waals surface area (Å²) in [4.78, 5) is 12.1. The van der Waals surface area contributed by atoms with Gasteiger partial charge >= 0.3 is 0 Å². The molecule has 0 aliphatic heterocycles. The Kier molecular flexibility index (Phi) is 4.16. The number of rotatable bonds is 4. The normalized spacial score (nSPS) is 10.3. The summed E-state index contributed by atoms with van der Waals surface area (Å²) in [6, 6.07) is 15.2.